The average molecular weight is 586 g/mol. The Morgan fingerprint density at radius 1 is 0.881 bits per heavy atom. The van der Waals surface area contributed by atoms with Gasteiger partial charge in [0.15, 0.2) is 0 Å². The summed E-state index contributed by atoms with van der Waals surface area (Å²) in [6.45, 7) is 1.67. The third kappa shape index (κ3) is 10.8. The summed E-state index contributed by atoms with van der Waals surface area (Å²) in [6, 6.07) is 12.5. The van der Waals surface area contributed by atoms with Crippen LogP contribution in [0.4, 0.5) is 0 Å². The van der Waals surface area contributed by atoms with Crippen LogP contribution in [-0.4, -0.2) is 82.2 Å². The summed E-state index contributed by atoms with van der Waals surface area (Å²) in [6.07, 6.45) is 0.143. The van der Waals surface area contributed by atoms with Crippen molar-refractivity contribution in [2.75, 3.05) is 19.7 Å². The molecule has 2 aromatic carbocycles. The first-order valence-electron chi connectivity index (χ1n) is 13.4. The van der Waals surface area contributed by atoms with E-state index in [2.05, 4.69) is 21.3 Å². The fourth-order valence-electron chi connectivity index (χ4n) is 4.11. The lowest BCUT2D eigenvalue weighted by Gasteiger charge is -2.33. The van der Waals surface area contributed by atoms with Crippen LogP contribution in [0.1, 0.15) is 31.4 Å². The number of aliphatic hydroxyl groups excluding tert-OH is 1. The molecule has 0 aliphatic rings. The van der Waals surface area contributed by atoms with Crippen molar-refractivity contribution in [3.8, 4) is 5.75 Å². The van der Waals surface area contributed by atoms with Crippen LogP contribution in [0, 0.1) is 5.92 Å². The highest BCUT2D eigenvalue weighted by molar-refractivity contribution is 5.95. The molecule has 3 atom stereocenters. The van der Waals surface area contributed by atoms with E-state index in [1.54, 1.807) is 56.3 Å². The van der Waals surface area contributed by atoms with Crippen LogP contribution in [0.2, 0.25) is 0 Å². The lowest BCUT2D eigenvalue weighted by Crippen LogP contribution is -2.65. The highest BCUT2D eigenvalue weighted by atomic mass is 16.4. The van der Waals surface area contributed by atoms with E-state index in [9.17, 15) is 39.3 Å². The number of aliphatic hydroxyl groups is 1. The van der Waals surface area contributed by atoms with Gasteiger partial charge in [0.1, 0.15) is 17.3 Å². The molecule has 9 N–H and O–H groups in total. The van der Waals surface area contributed by atoms with E-state index in [0.717, 1.165) is 0 Å². The minimum Gasteiger partial charge on any atom is -0.508 e. The molecule has 0 aromatic heterocycles. The van der Waals surface area contributed by atoms with Gasteiger partial charge in [-0.1, -0.05) is 56.3 Å². The normalized spacial score (nSPS) is 13.7. The fraction of sp³-hybridized carbons (Fsp3) is 0.414. The number of carboxylic acid groups (broad SMARTS) is 1. The van der Waals surface area contributed by atoms with Crippen molar-refractivity contribution in [2.24, 2.45) is 11.7 Å². The van der Waals surface area contributed by atoms with E-state index in [1.807, 2.05) is 0 Å². The highest BCUT2D eigenvalue weighted by Gasteiger charge is 2.41. The van der Waals surface area contributed by atoms with Gasteiger partial charge in [-0.3, -0.25) is 19.2 Å². The van der Waals surface area contributed by atoms with Crippen LogP contribution in [0.25, 0.3) is 0 Å². The molecule has 0 aliphatic heterocycles. The summed E-state index contributed by atoms with van der Waals surface area (Å²) in [5.41, 5.74) is 5.26. The summed E-state index contributed by atoms with van der Waals surface area (Å²) < 4.78 is 0. The highest BCUT2D eigenvalue weighted by Crippen LogP contribution is 2.16. The maximum atomic E-state index is 13.4. The molecule has 0 saturated carbocycles. The molecule has 228 valence electrons. The number of phenols is 1. The molecule has 42 heavy (non-hydrogen) atoms. The zero-order chi connectivity index (χ0) is 31.3. The molecule has 0 heterocycles. The molecule has 0 fully saturated rings. The van der Waals surface area contributed by atoms with Crippen LogP contribution >= 0.6 is 0 Å². The van der Waals surface area contributed by atoms with Gasteiger partial charge < -0.3 is 42.3 Å². The fourth-order valence-corrected chi connectivity index (χ4v) is 4.11. The molecular formula is C29H39N5O8. The minimum absolute atomic E-state index is 0.0586. The number of nitrogens with one attached hydrogen (secondary N) is 4. The van der Waals surface area contributed by atoms with Gasteiger partial charge in [-0.05, 0) is 42.0 Å². The molecule has 13 nitrogen and oxygen atoms in total. The second-order valence-electron chi connectivity index (χ2n) is 10.4. The molecule has 0 bridgehead atoms. The van der Waals surface area contributed by atoms with E-state index >= 15 is 0 Å². The van der Waals surface area contributed by atoms with Crippen LogP contribution < -0.4 is 27.0 Å². The van der Waals surface area contributed by atoms with E-state index in [0.29, 0.717) is 11.1 Å². The van der Waals surface area contributed by atoms with Gasteiger partial charge in [0.05, 0.1) is 25.7 Å². The third-order valence-corrected chi connectivity index (χ3v) is 6.34. The molecule has 0 saturated heterocycles. The van der Waals surface area contributed by atoms with E-state index in [1.165, 1.54) is 12.1 Å². The van der Waals surface area contributed by atoms with Crippen molar-refractivity contribution in [1.29, 1.82) is 0 Å². The lowest BCUT2D eigenvalue weighted by atomic mass is 9.89. The Morgan fingerprint density at radius 2 is 1.50 bits per heavy atom. The van der Waals surface area contributed by atoms with Crippen molar-refractivity contribution < 1.29 is 39.3 Å². The van der Waals surface area contributed by atoms with Gasteiger partial charge in [0.2, 0.25) is 23.6 Å². The first kappa shape index (κ1) is 33.7. The third-order valence-electron chi connectivity index (χ3n) is 6.34. The number of amides is 4. The molecular weight excluding hydrogens is 546 g/mol. The van der Waals surface area contributed by atoms with Gasteiger partial charge in [0, 0.05) is 6.42 Å². The van der Waals surface area contributed by atoms with Crippen molar-refractivity contribution in [1.82, 2.24) is 21.3 Å². The molecule has 2 aromatic rings. The minimum atomic E-state index is -1.93. The van der Waals surface area contributed by atoms with Crippen LogP contribution in [0.15, 0.2) is 54.6 Å². The number of nitrogens with two attached hydrogens (primary N) is 1. The Kier molecular flexibility index (Phi) is 12.9. The van der Waals surface area contributed by atoms with Gasteiger partial charge in [0.25, 0.3) is 0 Å². The number of hydrogen-bond donors (Lipinski definition) is 8. The molecule has 0 spiro atoms. The van der Waals surface area contributed by atoms with Crippen LogP contribution in [0.5, 0.6) is 5.75 Å². The van der Waals surface area contributed by atoms with Crippen molar-refractivity contribution in [3.63, 3.8) is 0 Å². The predicted molar refractivity (Wildman–Crippen MR) is 153 cm³/mol. The van der Waals surface area contributed by atoms with Gasteiger partial charge >= 0.3 is 5.97 Å². The van der Waals surface area contributed by atoms with Crippen LogP contribution in [0.3, 0.4) is 0 Å². The molecule has 4 amide bonds. The topological polar surface area (TPSA) is 220 Å². The number of carboxylic acids is 1. The van der Waals surface area contributed by atoms with E-state index in [-0.39, 0.29) is 30.9 Å². The standard InChI is InChI=1S/C29H39N5O8/c1-18(2)12-23(27(40)41)33-28(42)29(17-35,14-20-6-4-3-5-7-20)34-25(38)16-31-24(37)15-32-26(39)22(30)13-19-8-10-21(36)11-9-19/h3-11,18,22-23,35-36H,12-17,30H2,1-2H3,(H,31,37)(H,32,39)(H,33,42)(H,34,38)(H,40,41)/t22-,23-,29+/m0/s1. The zero-order valence-electron chi connectivity index (χ0n) is 23.6. The van der Waals surface area contributed by atoms with E-state index < -0.39 is 66.9 Å². The smallest absolute Gasteiger partial charge is 0.326 e. The Bertz CT molecular complexity index is 1220. The number of aliphatic carboxylic acids is 1. The average Bonchev–Trinajstić information content (AvgIpc) is 2.95. The summed E-state index contributed by atoms with van der Waals surface area (Å²) in [4.78, 5) is 62.5. The number of benzene rings is 2. The van der Waals surface area contributed by atoms with Crippen molar-refractivity contribution in [2.45, 2.75) is 50.7 Å². The number of carbonyl (C=O) groups excluding carboxylic acids is 4. The predicted octanol–water partition coefficient (Wildman–Crippen LogP) is -0.800. The zero-order valence-corrected chi connectivity index (χ0v) is 23.6. The molecule has 0 aliphatic carbocycles. The summed E-state index contributed by atoms with van der Waals surface area (Å²) in [5, 5.41) is 38.8. The van der Waals surface area contributed by atoms with Gasteiger partial charge in [-0.2, -0.15) is 0 Å². The number of hydrogen-bond acceptors (Lipinski definition) is 8. The first-order valence-corrected chi connectivity index (χ1v) is 13.4. The summed E-state index contributed by atoms with van der Waals surface area (Å²) >= 11 is 0. The second-order valence-corrected chi connectivity index (χ2v) is 10.4. The molecule has 0 radical (unpaired) electrons. The largest absolute Gasteiger partial charge is 0.508 e. The maximum Gasteiger partial charge on any atom is 0.326 e. The van der Waals surface area contributed by atoms with Crippen molar-refractivity contribution in [3.05, 3.63) is 65.7 Å². The summed E-state index contributed by atoms with van der Waals surface area (Å²) in [5.74, 6) is -4.27. The first-order chi connectivity index (χ1) is 19.8. The number of carbonyl (C=O) groups is 5. The second kappa shape index (κ2) is 16.1. The van der Waals surface area contributed by atoms with Gasteiger partial charge in [-0.25, -0.2) is 4.79 Å². The lowest BCUT2D eigenvalue weighted by molar-refractivity contribution is -0.144. The Hall–Kier alpha value is -4.49. The quantitative estimate of drug-likeness (QED) is 0.123. The maximum absolute atomic E-state index is 13.4. The van der Waals surface area contributed by atoms with Crippen molar-refractivity contribution >= 4 is 29.6 Å². The molecule has 2 rings (SSSR count). The molecule has 13 heteroatoms. The Labute approximate surface area is 243 Å². The van der Waals surface area contributed by atoms with Crippen LogP contribution in [-0.2, 0) is 36.8 Å². The Morgan fingerprint density at radius 3 is 2.07 bits per heavy atom. The summed E-state index contributed by atoms with van der Waals surface area (Å²) in [7, 11) is 0. The SMILES string of the molecule is CC(C)C[C@H](NC(=O)[C@](CO)(Cc1ccccc1)NC(=O)CNC(=O)CNC(=O)[C@@H](N)Cc1ccc(O)cc1)C(=O)O. The van der Waals surface area contributed by atoms with E-state index in [4.69, 9.17) is 5.73 Å². The Balaban J connectivity index is 2.00. The number of rotatable bonds is 16. The molecule has 0 unspecified atom stereocenters. The monoisotopic (exact) mass is 585 g/mol. The number of phenolic OH excluding ortho intramolecular Hbond substituents is 1. The number of aromatic hydroxyl groups is 1. The van der Waals surface area contributed by atoms with Gasteiger partial charge in [-0.15, -0.1) is 0 Å².